The number of rotatable bonds is 77. The van der Waals surface area contributed by atoms with Crippen LogP contribution >= 0.6 is 15.6 Å². The van der Waals surface area contributed by atoms with E-state index >= 15 is 0 Å². The van der Waals surface area contributed by atoms with Crippen LogP contribution in [0.2, 0.25) is 0 Å². The lowest BCUT2D eigenvalue weighted by Gasteiger charge is -2.21. The fourth-order valence-electron chi connectivity index (χ4n) is 10.6. The van der Waals surface area contributed by atoms with Crippen molar-refractivity contribution in [2.24, 2.45) is 0 Å². The van der Waals surface area contributed by atoms with Gasteiger partial charge in [0.05, 0.1) is 26.4 Å². The van der Waals surface area contributed by atoms with Gasteiger partial charge in [0, 0.05) is 25.7 Å². The number of hydrogen-bond acceptors (Lipinski definition) is 15. The Labute approximate surface area is 655 Å². The van der Waals surface area contributed by atoms with Crippen molar-refractivity contribution in [2.75, 3.05) is 39.6 Å². The van der Waals surface area contributed by atoms with Crippen LogP contribution in [0, 0.1) is 0 Å². The van der Waals surface area contributed by atoms with Crippen LogP contribution < -0.4 is 0 Å². The van der Waals surface area contributed by atoms with Crippen molar-refractivity contribution in [1.82, 2.24) is 0 Å². The Morgan fingerprint density at radius 2 is 0.500 bits per heavy atom. The lowest BCUT2D eigenvalue weighted by atomic mass is 10.1. The molecule has 0 aromatic rings. The average molecular weight is 1550 g/mol. The Kier molecular flexibility index (Phi) is 75.8. The number of carbonyl (C=O) groups is 4. The molecule has 0 aromatic carbocycles. The molecule has 2 unspecified atom stereocenters. The van der Waals surface area contributed by atoms with Gasteiger partial charge < -0.3 is 33.8 Å². The predicted molar refractivity (Wildman–Crippen MR) is 445 cm³/mol. The topological polar surface area (TPSA) is 237 Å². The Morgan fingerprint density at radius 1 is 0.269 bits per heavy atom. The maximum atomic E-state index is 13.1. The summed E-state index contributed by atoms with van der Waals surface area (Å²) in [5.41, 5.74) is 0. The molecule has 0 saturated carbocycles. The van der Waals surface area contributed by atoms with E-state index in [-0.39, 0.29) is 25.7 Å². The maximum absolute atomic E-state index is 13.1. The van der Waals surface area contributed by atoms with E-state index in [9.17, 15) is 43.2 Å². The third-order valence-corrected chi connectivity index (χ3v) is 18.9. The quantitative estimate of drug-likeness (QED) is 0.0169. The van der Waals surface area contributed by atoms with E-state index in [0.29, 0.717) is 32.1 Å². The number of unbranched alkanes of at least 4 members (excludes halogenated alkanes) is 25. The Hall–Kier alpha value is -5.32. The molecule has 0 amide bonds. The van der Waals surface area contributed by atoms with Crippen molar-refractivity contribution in [3.63, 3.8) is 0 Å². The summed E-state index contributed by atoms with van der Waals surface area (Å²) in [6.07, 6.45) is 93.6. The number of esters is 4. The Balaban J connectivity index is 5.48. The molecule has 0 aromatic heterocycles. The van der Waals surface area contributed by atoms with Crippen LogP contribution in [0.4, 0.5) is 0 Å². The second kappa shape index (κ2) is 79.8. The lowest BCUT2D eigenvalue weighted by molar-refractivity contribution is -0.161. The minimum Gasteiger partial charge on any atom is -0.462 e. The third-order valence-electron chi connectivity index (χ3n) is 17.0. The number of phosphoric ester groups is 2. The van der Waals surface area contributed by atoms with Crippen LogP contribution in [0.3, 0.4) is 0 Å². The van der Waals surface area contributed by atoms with E-state index in [1.165, 1.54) is 64.2 Å². The van der Waals surface area contributed by atoms with Gasteiger partial charge in [-0.2, -0.15) is 0 Å². The van der Waals surface area contributed by atoms with E-state index in [1.54, 1.807) is 0 Å². The molecule has 616 valence electrons. The summed E-state index contributed by atoms with van der Waals surface area (Å²) in [5.74, 6) is -2.33. The molecule has 0 fully saturated rings. The van der Waals surface area contributed by atoms with Gasteiger partial charge in [0.2, 0.25) is 0 Å². The molecule has 0 heterocycles. The van der Waals surface area contributed by atoms with Gasteiger partial charge in [-0.25, -0.2) is 9.13 Å². The number of hydrogen-bond donors (Lipinski definition) is 3. The highest BCUT2D eigenvalue weighted by Crippen LogP contribution is 2.45. The standard InChI is InChI=1S/C89H148O17P2/c1-5-9-13-17-21-25-29-33-37-39-41-43-47-49-53-57-61-65-69-73-86(91)99-79-84(105-88(93)75-71-67-63-59-55-51-45-35-31-27-23-19-15-11-7-3)81-103-107(95,96)101-77-83(90)78-102-108(97,98)104-82-85(106-89(94)76-72-68-64-60-56-52-46-36-32-28-24-20-16-12-8-4)80-100-87(92)74-70-66-62-58-54-50-48-44-42-40-38-34-30-26-22-18-14-10-6-2/h9,13,21-23,25-28,32-35,37-38,41-45,49-50,53-54,62,66,83-85,90H,5-8,10-12,14-20,24,29-31,36,39-40,46-48,51-52,55-61,63-65,67-82H2,1-4H3,(H,95,96)(H,97,98)/b13-9-,25-21-,26-22-,27-23-,32-28-,37-33-,38-34-,43-41-,44-42-,45-35-,53-49-,54-50-,66-62-/t83-,84-,85-/m1/s1. The van der Waals surface area contributed by atoms with Crippen molar-refractivity contribution in [2.45, 2.75) is 341 Å². The van der Waals surface area contributed by atoms with Gasteiger partial charge in [0.25, 0.3) is 0 Å². The summed E-state index contributed by atoms with van der Waals surface area (Å²) < 4.78 is 68.6. The highest BCUT2D eigenvalue weighted by molar-refractivity contribution is 7.47. The third kappa shape index (κ3) is 78.8. The van der Waals surface area contributed by atoms with E-state index < -0.39 is 97.5 Å². The first-order valence-electron chi connectivity index (χ1n) is 41.7. The summed E-state index contributed by atoms with van der Waals surface area (Å²) >= 11 is 0. The van der Waals surface area contributed by atoms with Crippen molar-refractivity contribution in [1.29, 1.82) is 0 Å². The van der Waals surface area contributed by atoms with E-state index in [2.05, 4.69) is 174 Å². The monoisotopic (exact) mass is 1550 g/mol. The summed E-state index contributed by atoms with van der Waals surface area (Å²) in [7, 11) is -10.0. The van der Waals surface area contributed by atoms with Gasteiger partial charge in [0.15, 0.2) is 12.2 Å². The number of allylic oxidation sites excluding steroid dienone is 26. The maximum Gasteiger partial charge on any atom is 0.472 e. The molecule has 5 atom stereocenters. The number of phosphoric acid groups is 2. The lowest BCUT2D eigenvalue weighted by Crippen LogP contribution is -2.30. The molecule has 0 radical (unpaired) electrons. The first-order chi connectivity index (χ1) is 52.7. The van der Waals surface area contributed by atoms with Crippen LogP contribution in [0.5, 0.6) is 0 Å². The number of carbonyl (C=O) groups excluding carboxylic acids is 4. The second-order valence-electron chi connectivity index (χ2n) is 27.3. The highest BCUT2D eigenvalue weighted by Gasteiger charge is 2.30. The van der Waals surface area contributed by atoms with Crippen LogP contribution in [-0.2, 0) is 65.4 Å². The van der Waals surface area contributed by atoms with Gasteiger partial charge in [-0.1, -0.05) is 288 Å². The van der Waals surface area contributed by atoms with Crippen LogP contribution in [0.25, 0.3) is 0 Å². The Bertz CT molecular complexity index is 2660. The van der Waals surface area contributed by atoms with Crippen LogP contribution in [0.15, 0.2) is 158 Å². The van der Waals surface area contributed by atoms with Crippen LogP contribution in [-0.4, -0.2) is 96.7 Å². The summed E-state index contributed by atoms with van der Waals surface area (Å²) in [6, 6.07) is 0. The van der Waals surface area contributed by atoms with Crippen molar-refractivity contribution in [3.8, 4) is 0 Å². The summed E-state index contributed by atoms with van der Waals surface area (Å²) in [6.45, 7) is 4.56. The zero-order chi connectivity index (χ0) is 78.9. The normalized spacial score (nSPS) is 14.6. The SMILES string of the molecule is CC/C=C\C/C=C\C/C=C\C/C=C\C/C=C\CCCCCC(=O)OC[C@H](COP(=O)(O)OC[C@@H](O)COP(=O)(O)OC[C@@H](COC(=O)CC/C=C\C/C=C\C/C=C\C/C=C\C/C=C\CCCCC)OC(=O)CCCCCCCCC/C=C\CCCCCC)OC(=O)CCCCCCC/C=C\C/C=C\CCCCC. The molecule has 108 heavy (non-hydrogen) atoms. The van der Waals surface area contributed by atoms with Crippen LogP contribution in [0.1, 0.15) is 323 Å². The predicted octanol–water partition coefficient (Wildman–Crippen LogP) is 24.8. The molecule has 0 aliphatic heterocycles. The van der Waals surface area contributed by atoms with E-state index in [1.807, 2.05) is 12.2 Å². The molecule has 0 aliphatic rings. The number of ether oxygens (including phenoxy) is 4. The van der Waals surface area contributed by atoms with Gasteiger partial charge >= 0.3 is 39.5 Å². The molecular weight excluding hydrogens is 1400 g/mol. The fourth-order valence-corrected chi connectivity index (χ4v) is 12.2. The molecule has 0 aliphatic carbocycles. The fraction of sp³-hybridized carbons (Fsp3) is 0.663. The largest absolute Gasteiger partial charge is 0.472 e. The number of aliphatic hydroxyl groups is 1. The zero-order valence-electron chi connectivity index (χ0n) is 67.5. The van der Waals surface area contributed by atoms with Gasteiger partial charge in [-0.05, 0) is 167 Å². The minimum absolute atomic E-state index is 0.0329. The molecular formula is C89H148O17P2. The highest BCUT2D eigenvalue weighted by atomic mass is 31.2. The van der Waals surface area contributed by atoms with Gasteiger partial charge in [-0.3, -0.25) is 37.3 Å². The van der Waals surface area contributed by atoms with Gasteiger partial charge in [0.1, 0.15) is 19.3 Å². The molecule has 3 N–H and O–H groups in total. The first-order valence-corrected chi connectivity index (χ1v) is 44.7. The summed E-state index contributed by atoms with van der Waals surface area (Å²) in [5, 5.41) is 10.7. The van der Waals surface area contributed by atoms with Crippen molar-refractivity contribution in [3.05, 3.63) is 158 Å². The smallest absolute Gasteiger partial charge is 0.462 e. The second-order valence-corrected chi connectivity index (χ2v) is 30.2. The molecule has 0 rings (SSSR count). The van der Waals surface area contributed by atoms with Crippen molar-refractivity contribution < 1.29 is 80.2 Å². The molecule has 19 heteroatoms. The van der Waals surface area contributed by atoms with E-state index in [4.69, 9.17) is 37.0 Å². The molecule has 0 spiro atoms. The molecule has 0 bridgehead atoms. The summed E-state index contributed by atoms with van der Waals surface area (Å²) in [4.78, 5) is 73.1. The van der Waals surface area contributed by atoms with Gasteiger partial charge in [-0.15, -0.1) is 0 Å². The molecule has 17 nitrogen and oxygen atoms in total. The Morgan fingerprint density at radius 3 is 0.833 bits per heavy atom. The minimum atomic E-state index is -5.00. The first kappa shape index (κ1) is 103. The average Bonchev–Trinajstić information content (AvgIpc) is 0.923. The number of aliphatic hydroxyl groups excluding tert-OH is 1. The molecule has 0 saturated heterocycles. The zero-order valence-corrected chi connectivity index (χ0v) is 69.3. The van der Waals surface area contributed by atoms with Crippen molar-refractivity contribution >= 4 is 39.5 Å². The van der Waals surface area contributed by atoms with E-state index in [0.717, 1.165) is 173 Å².